The average Bonchev–Trinajstić information content (AvgIpc) is 2.11. The molecule has 0 aromatic rings. The van der Waals surface area contributed by atoms with Crippen LogP contribution >= 0.6 is 0 Å². The molecule has 2 amide bonds. The SMILES string of the molecule is O=C1CCCC(=O)N1C(CO)CO. The predicted molar refractivity (Wildman–Crippen MR) is 43.7 cm³/mol. The zero-order valence-corrected chi connectivity index (χ0v) is 7.27. The zero-order valence-electron chi connectivity index (χ0n) is 7.27. The lowest BCUT2D eigenvalue weighted by molar-refractivity contribution is -0.153. The maximum Gasteiger partial charge on any atom is 0.229 e. The summed E-state index contributed by atoms with van der Waals surface area (Å²) in [5.74, 6) is -0.603. The maximum absolute atomic E-state index is 11.2. The van der Waals surface area contributed by atoms with Gasteiger partial charge in [-0.1, -0.05) is 0 Å². The lowest BCUT2D eigenvalue weighted by Crippen LogP contribution is -2.50. The summed E-state index contributed by atoms with van der Waals surface area (Å²) >= 11 is 0. The summed E-state index contributed by atoms with van der Waals surface area (Å²) in [6.45, 7) is -0.762. The van der Waals surface area contributed by atoms with E-state index in [-0.39, 0.29) is 25.0 Å². The van der Waals surface area contributed by atoms with Crippen LogP contribution in [-0.4, -0.2) is 46.2 Å². The van der Waals surface area contributed by atoms with Crippen molar-refractivity contribution in [3.05, 3.63) is 0 Å². The van der Waals surface area contributed by atoms with E-state index in [9.17, 15) is 9.59 Å². The van der Waals surface area contributed by atoms with E-state index in [0.29, 0.717) is 19.3 Å². The van der Waals surface area contributed by atoms with E-state index in [0.717, 1.165) is 4.90 Å². The van der Waals surface area contributed by atoms with Crippen LogP contribution in [0.15, 0.2) is 0 Å². The van der Waals surface area contributed by atoms with Crippen LogP contribution in [-0.2, 0) is 9.59 Å². The topological polar surface area (TPSA) is 77.8 Å². The van der Waals surface area contributed by atoms with Crippen LogP contribution in [0.3, 0.4) is 0 Å². The first-order valence-corrected chi connectivity index (χ1v) is 4.27. The van der Waals surface area contributed by atoms with Crippen LogP contribution in [0.2, 0.25) is 0 Å². The lowest BCUT2D eigenvalue weighted by atomic mass is 10.1. The fourth-order valence-electron chi connectivity index (χ4n) is 1.40. The van der Waals surface area contributed by atoms with Crippen molar-refractivity contribution in [1.29, 1.82) is 0 Å². The van der Waals surface area contributed by atoms with Gasteiger partial charge in [0.1, 0.15) is 0 Å². The van der Waals surface area contributed by atoms with Crippen LogP contribution in [0, 0.1) is 0 Å². The number of amides is 2. The fraction of sp³-hybridized carbons (Fsp3) is 0.750. The molecule has 1 rings (SSSR count). The van der Waals surface area contributed by atoms with E-state index < -0.39 is 6.04 Å². The van der Waals surface area contributed by atoms with Gasteiger partial charge in [-0.3, -0.25) is 14.5 Å². The minimum Gasteiger partial charge on any atom is -0.394 e. The van der Waals surface area contributed by atoms with Crippen molar-refractivity contribution in [2.75, 3.05) is 13.2 Å². The van der Waals surface area contributed by atoms with Crippen molar-refractivity contribution >= 4 is 11.8 Å². The largest absolute Gasteiger partial charge is 0.394 e. The molecule has 5 heteroatoms. The van der Waals surface area contributed by atoms with Crippen molar-refractivity contribution in [3.63, 3.8) is 0 Å². The highest BCUT2D eigenvalue weighted by atomic mass is 16.3. The van der Waals surface area contributed by atoms with Crippen LogP contribution in [0.1, 0.15) is 19.3 Å². The first-order valence-electron chi connectivity index (χ1n) is 4.27. The van der Waals surface area contributed by atoms with Crippen LogP contribution in [0.4, 0.5) is 0 Å². The van der Waals surface area contributed by atoms with Gasteiger partial charge in [0.15, 0.2) is 0 Å². The zero-order chi connectivity index (χ0) is 9.84. The summed E-state index contributed by atoms with van der Waals surface area (Å²) in [7, 11) is 0. The normalized spacial score (nSPS) is 18.5. The van der Waals surface area contributed by atoms with E-state index in [2.05, 4.69) is 0 Å². The second kappa shape index (κ2) is 4.34. The molecule has 1 saturated heterocycles. The van der Waals surface area contributed by atoms with E-state index in [1.807, 2.05) is 0 Å². The molecule has 0 saturated carbocycles. The number of carbonyl (C=O) groups is 2. The molecule has 2 N–H and O–H groups in total. The molecule has 0 spiro atoms. The number of likely N-dealkylation sites (tertiary alicyclic amines) is 1. The Bertz CT molecular complexity index is 196. The van der Waals surface area contributed by atoms with E-state index in [1.165, 1.54) is 0 Å². The quantitative estimate of drug-likeness (QED) is 0.548. The number of rotatable bonds is 3. The Morgan fingerprint density at radius 3 is 2.00 bits per heavy atom. The van der Waals surface area contributed by atoms with Gasteiger partial charge in [-0.15, -0.1) is 0 Å². The number of aliphatic hydroxyl groups excluding tert-OH is 2. The van der Waals surface area contributed by atoms with Gasteiger partial charge >= 0.3 is 0 Å². The number of imide groups is 1. The first kappa shape index (κ1) is 10.1. The third-order valence-corrected chi connectivity index (χ3v) is 2.11. The van der Waals surface area contributed by atoms with Crippen LogP contribution in [0.5, 0.6) is 0 Å². The predicted octanol–water partition coefficient (Wildman–Crippen LogP) is -1.12. The monoisotopic (exact) mass is 187 g/mol. The van der Waals surface area contributed by atoms with Crippen molar-refractivity contribution < 1.29 is 19.8 Å². The highest BCUT2D eigenvalue weighted by molar-refractivity contribution is 5.97. The summed E-state index contributed by atoms with van der Waals surface area (Å²) in [6.07, 6.45) is 1.21. The van der Waals surface area contributed by atoms with Gasteiger partial charge in [0.05, 0.1) is 19.3 Å². The molecule has 5 nitrogen and oxygen atoms in total. The Morgan fingerprint density at radius 2 is 1.62 bits per heavy atom. The Morgan fingerprint density at radius 1 is 1.15 bits per heavy atom. The van der Waals surface area contributed by atoms with Gasteiger partial charge in [0.25, 0.3) is 0 Å². The van der Waals surface area contributed by atoms with E-state index >= 15 is 0 Å². The van der Waals surface area contributed by atoms with Gasteiger partial charge in [0.2, 0.25) is 11.8 Å². The van der Waals surface area contributed by atoms with Crippen molar-refractivity contribution in [1.82, 2.24) is 4.90 Å². The fourth-order valence-corrected chi connectivity index (χ4v) is 1.40. The number of carbonyl (C=O) groups excluding carboxylic acids is 2. The number of hydrogen-bond acceptors (Lipinski definition) is 4. The smallest absolute Gasteiger partial charge is 0.229 e. The third-order valence-electron chi connectivity index (χ3n) is 2.11. The number of hydrogen-bond donors (Lipinski definition) is 2. The highest BCUT2D eigenvalue weighted by Gasteiger charge is 2.31. The van der Waals surface area contributed by atoms with E-state index in [4.69, 9.17) is 10.2 Å². The van der Waals surface area contributed by atoms with Gasteiger partial charge in [0, 0.05) is 12.8 Å². The Balaban J connectivity index is 2.72. The molecule has 1 aliphatic rings. The average molecular weight is 187 g/mol. The minimum atomic E-state index is -0.764. The minimum absolute atomic E-state index is 0.302. The molecule has 0 bridgehead atoms. The molecule has 1 fully saturated rings. The second-order valence-electron chi connectivity index (χ2n) is 3.03. The van der Waals surface area contributed by atoms with Crippen molar-refractivity contribution in [2.45, 2.75) is 25.3 Å². The maximum atomic E-state index is 11.2. The van der Waals surface area contributed by atoms with Gasteiger partial charge in [-0.25, -0.2) is 0 Å². The standard InChI is InChI=1S/C8H13NO4/c10-4-6(5-11)9-7(12)2-1-3-8(9)13/h6,10-11H,1-5H2. The van der Waals surface area contributed by atoms with Crippen LogP contribution in [0.25, 0.3) is 0 Å². The number of aliphatic hydroxyl groups is 2. The number of nitrogens with zero attached hydrogens (tertiary/aromatic N) is 1. The molecule has 1 aliphatic heterocycles. The first-order chi connectivity index (χ1) is 6.20. The second-order valence-corrected chi connectivity index (χ2v) is 3.03. The highest BCUT2D eigenvalue weighted by Crippen LogP contribution is 2.14. The van der Waals surface area contributed by atoms with Gasteiger partial charge < -0.3 is 10.2 Å². The summed E-state index contributed by atoms with van der Waals surface area (Å²) in [6, 6.07) is -0.764. The summed E-state index contributed by atoms with van der Waals surface area (Å²) in [5.41, 5.74) is 0. The Kier molecular flexibility index (Phi) is 3.39. The molecular formula is C8H13NO4. The molecule has 0 atom stereocenters. The van der Waals surface area contributed by atoms with E-state index in [1.54, 1.807) is 0 Å². The summed E-state index contributed by atoms with van der Waals surface area (Å²) in [5, 5.41) is 17.6. The molecule has 0 radical (unpaired) electrons. The molecule has 74 valence electrons. The van der Waals surface area contributed by atoms with Gasteiger partial charge in [-0.2, -0.15) is 0 Å². The molecular weight excluding hydrogens is 174 g/mol. The lowest BCUT2D eigenvalue weighted by Gasteiger charge is -2.30. The molecule has 1 heterocycles. The molecule has 13 heavy (non-hydrogen) atoms. The molecule has 0 aliphatic carbocycles. The molecule has 0 aromatic heterocycles. The molecule has 0 unspecified atom stereocenters. The summed E-state index contributed by atoms with van der Waals surface area (Å²) < 4.78 is 0. The van der Waals surface area contributed by atoms with Crippen molar-refractivity contribution in [2.24, 2.45) is 0 Å². The Labute approximate surface area is 76.0 Å². The van der Waals surface area contributed by atoms with Crippen molar-refractivity contribution in [3.8, 4) is 0 Å². The van der Waals surface area contributed by atoms with Gasteiger partial charge in [-0.05, 0) is 6.42 Å². The number of piperidine rings is 1. The summed E-state index contributed by atoms with van der Waals surface area (Å²) in [4.78, 5) is 23.5. The van der Waals surface area contributed by atoms with Crippen LogP contribution < -0.4 is 0 Å². The third kappa shape index (κ3) is 2.05. The Hall–Kier alpha value is -0.940. The molecule has 0 aromatic carbocycles.